The number of amides is 1. The Balaban J connectivity index is 2.97. The minimum atomic E-state index is -0.489. The van der Waals surface area contributed by atoms with Gasteiger partial charge in [0.2, 0.25) is 0 Å². The first-order valence-electron chi connectivity index (χ1n) is 5.77. The number of nitrogens with one attached hydrogen (secondary N) is 1. The summed E-state index contributed by atoms with van der Waals surface area (Å²) in [5, 5.41) is 11.5. The van der Waals surface area contributed by atoms with Crippen LogP contribution in [0.5, 0.6) is 0 Å². The minimum absolute atomic E-state index is 0.00980. The molecule has 0 aromatic heterocycles. The monoisotopic (exact) mass is 281 g/mol. The number of carbonyl (C=O) groups is 1. The highest BCUT2D eigenvalue weighted by molar-refractivity contribution is 7.98. The summed E-state index contributed by atoms with van der Waals surface area (Å²) >= 11 is 1.62. The van der Waals surface area contributed by atoms with E-state index < -0.39 is 5.82 Å². The molecule has 0 aliphatic heterocycles. The SMILES string of the molecule is CSCC(C)NC(=O)c1cc(F)ccc1C#CCO. The molecule has 1 atom stereocenters. The highest BCUT2D eigenvalue weighted by Gasteiger charge is 2.13. The lowest BCUT2D eigenvalue weighted by Gasteiger charge is -2.13. The van der Waals surface area contributed by atoms with Crippen molar-refractivity contribution in [2.45, 2.75) is 13.0 Å². The molecule has 102 valence electrons. The third-order valence-corrected chi connectivity index (χ3v) is 3.16. The number of aliphatic hydroxyl groups excluding tert-OH is 1. The second-order valence-electron chi connectivity index (χ2n) is 3.98. The van der Waals surface area contributed by atoms with E-state index in [0.717, 1.165) is 11.8 Å². The van der Waals surface area contributed by atoms with E-state index in [4.69, 9.17) is 5.11 Å². The molecule has 1 aromatic rings. The Bertz CT molecular complexity index is 508. The smallest absolute Gasteiger partial charge is 0.252 e. The van der Waals surface area contributed by atoms with Gasteiger partial charge in [0, 0.05) is 17.4 Å². The molecule has 1 rings (SSSR count). The van der Waals surface area contributed by atoms with E-state index in [-0.39, 0.29) is 24.1 Å². The third-order valence-electron chi connectivity index (χ3n) is 2.32. The maximum atomic E-state index is 13.2. The quantitative estimate of drug-likeness (QED) is 0.825. The van der Waals surface area contributed by atoms with E-state index >= 15 is 0 Å². The van der Waals surface area contributed by atoms with E-state index in [1.165, 1.54) is 12.1 Å². The van der Waals surface area contributed by atoms with Crippen LogP contribution in [0.15, 0.2) is 18.2 Å². The van der Waals surface area contributed by atoms with Crippen molar-refractivity contribution >= 4 is 17.7 Å². The lowest BCUT2D eigenvalue weighted by Crippen LogP contribution is -2.34. The molecule has 0 spiro atoms. The molecule has 1 unspecified atom stereocenters. The van der Waals surface area contributed by atoms with Crippen LogP contribution in [-0.4, -0.2) is 35.7 Å². The summed E-state index contributed by atoms with van der Waals surface area (Å²) in [7, 11) is 0. The normalized spacial score (nSPS) is 11.4. The second kappa shape index (κ2) is 7.82. The van der Waals surface area contributed by atoms with Crippen molar-refractivity contribution in [1.82, 2.24) is 5.32 Å². The minimum Gasteiger partial charge on any atom is -0.384 e. The maximum absolute atomic E-state index is 13.2. The number of hydrogen-bond acceptors (Lipinski definition) is 3. The van der Waals surface area contributed by atoms with Gasteiger partial charge in [-0.25, -0.2) is 4.39 Å². The molecule has 0 radical (unpaired) electrons. The van der Waals surface area contributed by atoms with Gasteiger partial charge in [0.15, 0.2) is 0 Å². The van der Waals surface area contributed by atoms with E-state index in [1.807, 2.05) is 13.2 Å². The number of aliphatic hydroxyl groups is 1. The average Bonchev–Trinajstić information content (AvgIpc) is 2.37. The first-order valence-corrected chi connectivity index (χ1v) is 7.17. The second-order valence-corrected chi connectivity index (χ2v) is 4.89. The molecule has 0 fully saturated rings. The molecule has 0 heterocycles. The Morgan fingerprint density at radius 3 is 2.95 bits per heavy atom. The molecule has 3 nitrogen and oxygen atoms in total. The summed E-state index contributed by atoms with van der Waals surface area (Å²) in [6, 6.07) is 3.82. The molecule has 2 N–H and O–H groups in total. The average molecular weight is 281 g/mol. The van der Waals surface area contributed by atoms with Gasteiger partial charge < -0.3 is 10.4 Å². The molecule has 0 saturated heterocycles. The molecule has 1 aromatic carbocycles. The summed E-state index contributed by atoms with van der Waals surface area (Å²) in [5.41, 5.74) is 0.596. The fraction of sp³-hybridized carbons (Fsp3) is 0.357. The zero-order chi connectivity index (χ0) is 14.3. The fourth-order valence-electron chi connectivity index (χ4n) is 1.54. The Kier molecular flexibility index (Phi) is 6.40. The number of halogens is 1. The molecular weight excluding hydrogens is 265 g/mol. The summed E-state index contributed by atoms with van der Waals surface area (Å²) in [4.78, 5) is 12.0. The highest BCUT2D eigenvalue weighted by Crippen LogP contribution is 2.11. The Morgan fingerprint density at radius 1 is 1.58 bits per heavy atom. The van der Waals surface area contributed by atoms with Gasteiger partial charge in [-0.2, -0.15) is 11.8 Å². The van der Waals surface area contributed by atoms with Crippen molar-refractivity contribution in [3.05, 3.63) is 35.1 Å². The molecular formula is C14H16FNO2S. The summed E-state index contributed by atoms with van der Waals surface area (Å²) < 4.78 is 13.2. The van der Waals surface area contributed by atoms with Crippen molar-refractivity contribution in [1.29, 1.82) is 0 Å². The van der Waals surface area contributed by atoms with Gasteiger partial charge in [0.1, 0.15) is 12.4 Å². The first kappa shape index (κ1) is 15.5. The molecule has 0 aliphatic carbocycles. The van der Waals surface area contributed by atoms with E-state index in [2.05, 4.69) is 17.2 Å². The van der Waals surface area contributed by atoms with E-state index in [9.17, 15) is 9.18 Å². The molecule has 0 bridgehead atoms. The Morgan fingerprint density at radius 2 is 2.32 bits per heavy atom. The zero-order valence-electron chi connectivity index (χ0n) is 10.9. The standard InChI is InChI=1S/C14H16FNO2S/c1-10(9-19-2)16-14(18)13-8-12(15)6-5-11(13)4-3-7-17/h5-6,8,10,17H,7,9H2,1-2H3,(H,16,18). The fourth-order valence-corrected chi connectivity index (χ4v) is 2.12. The first-order chi connectivity index (χ1) is 9.08. The van der Waals surface area contributed by atoms with Crippen LogP contribution in [0.4, 0.5) is 4.39 Å². The van der Waals surface area contributed by atoms with Gasteiger partial charge in [0.25, 0.3) is 5.91 Å². The predicted octanol–water partition coefficient (Wildman–Crippen LogP) is 1.65. The largest absolute Gasteiger partial charge is 0.384 e. The summed E-state index contributed by atoms with van der Waals surface area (Å²) in [6.07, 6.45) is 1.95. The molecule has 0 aliphatic rings. The van der Waals surface area contributed by atoms with Gasteiger partial charge >= 0.3 is 0 Å². The van der Waals surface area contributed by atoms with Gasteiger partial charge in [0.05, 0.1) is 5.56 Å². The molecule has 0 saturated carbocycles. The van der Waals surface area contributed by atoms with Crippen LogP contribution in [0, 0.1) is 17.7 Å². The van der Waals surface area contributed by atoms with Crippen LogP contribution in [-0.2, 0) is 0 Å². The molecule has 5 heteroatoms. The lowest BCUT2D eigenvalue weighted by atomic mass is 10.1. The summed E-state index contributed by atoms with van der Waals surface area (Å²) in [6.45, 7) is 1.58. The van der Waals surface area contributed by atoms with Crippen molar-refractivity contribution in [2.75, 3.05) is 18.6 Å². The van der Waals surface area contributed by atoms with Crippen LogP contribution in [0.25, 0.3) is 0 Å². The predicted molar refractivity (Wildman–Crippen MR) is 75.7 cm³/mol. The van der Waals surface area contributed by atoms with Crippen LogP contribution in [0.2, 0.25) is 0 Å². The van der Waals surface area contributed by atoms with E-state index in [0.29, 0.717) is 5.56 Å². The van der Waals surface area contributed by atoms with Crippen LogP contribution in [0.1, 0.15) is 22.8 Å². The van der Waals surface area contributed by atoms with Crippen molar-refractivity contribution in [3.63, 3.8) is 0 Å². The van der Waals surface area contributed by atoms with Crippen molar-refractivity contribution in [3.8, 4) is 11.8 Å². The van der Waals surface area contributed by atoms with Gasteiger partial charge in [-0.1, -0.05) is 11.8 Å². The van der Waals surface area contributed by atoms with Crippen LogP contribution in [0.3, 0.4) is 0 Å². The number of hydrogen-bond donors (Lipinski definition) is 2. The van der Waals surface area contributed by atoms with Gasteiger partial charge in [-0.3, -0.25) is 4.79 Å². The highest BCUT2D eigenvalue weighted by atomic mass is 32.2. The maximum Gasteiger partial charge on any atom is 0.252 e. The van der Waals surface area contributed by atoms with Gasteiger partial charge in [-0.05, 0) is 31.4 Å². The Hall–Kier alpha value is -1.51. The van der Waals surface area contributed by atoms with Gasteiger partial charge in [-0.15, -0.1) is 0 Å². The number of rotatable bonds is 4. The van der Waals surface area contributed by atoms with Crippen LogP contribution < -0.4 is 5.32 Å². The number of benzene rings is 1. The molecule has 19 heavy (non-hydrogen) atoms. The zero-order valence-corrected chi connectivity index (χ0v) is 11.7. The topological polar surface area (TPSA) is 49.3 Å². The van der Waals surface area contributed by atoms with Crippen LogP contribution >= 0.6 is 11.8 Å². The van der Waals surface area contributed by atoms with Crippen molar-refractivity contribution in [2.24, 2.45) is 0 Å². The number of carbonyl (C=O) groups excluding carboxylic acids is 1. The van der Waals surface area contributed by atoms with Crippen molar-refractivity contribution < 1.29 is 14.3 Å². The third kappa shape index (κ3) is 4.93. The lowest BCUT2D eigenvalue weighted by molar-refractivity contribution is 0.0943. The Labute approximate surface area is 116 Å². The number of thioether (sulfide) groups is 1. The molecule has 1 amide bonds. The van der Waals surface area contributed by atoms with E-state index in [1.54, 1.807) is 11.8 Å². The summed E-state index contributed by atoms with van der Waals surface area (Å²) in [5.74, 6) is 5.03.